The van der Waals surface area contributed by atoms with Crippen LogP contribution in [0.1, 0.15) is 25.7 Å². The molecular weight excluding hydrogens is 264 g/mol. The highest BCUT2D eigenvalue weighted by Crippen LogP contribution is 2.48. The number of fused-ring (bicyclic) bond motifs is 2. The smallest absolute Gasteiger partial charge is 0.226 e. The summed E-state index contributed by atoms with van der Waals surface area (Å²) in [6.07, 6.45) is 6.05. The number of hydrogen-bond donors (Lipinski definition) is 0. The van der Waals surface area contributed by atoms with E-state index < -0.39 is 10.0 Å². The van der Waals surface area contributed by atoms with Gasteiger partial charge in [-0.15, -0.1) is 0 Å². The molecule has 1 saturated heterocycles. The molecule has 0 aromatic rings. The van der Waals surface area contributed by atoms with Crippen LogP contribution >= 0.6 is 0 Å². The Labute approximate surface area is 115 Å². The molecule has 6 heteroatoms. The number of rotatable bonds is 2. The van der Waals surface area contributed by atoms with Crippen LogP contribution in [0.4, 0.5) is 0 Å². The van der Waals surface area contributed by atoms with Crippen molar-refractivity contribution in [2.45, 2.75) is 25.7 Å². The highest BCUT2D eigenvalue weighted by atomic mass is 32.2. The van der Waals surface area contributed by atoms with Gasteiger partial charge < -0.3 is 4.90 Å². The second-order valence-corrected chi connectivity index (χ2v) is 8.25. The summed E-state index contributed by atoms with van der Waals surface area (Å²) in [4.78, 5) is 14.4. The molecule has 2 bridgehead atoms. The first-order chi connectivity index (χ1) is 8.95. The molecule has 1 aliphatic heterocycles. The monoisotopic (exact) mass is 286 g/mol. The maximum absolute atomic E-state index is 12.5. The van der Waals surface area contributed by atoms with Crippen LogP contribution in [0.15, 0.2) is 0 Å². The summed E-state index contributed by atoms with van der Waals surface area (Å²) in [5.74, 6) is 1.88. The molecule has 0 spiro atoms. The number of sulfonamides is 1. The van der Waals surface area contributed by atoms with Gasteiger partial charge in [-0.3, -0.25) is 4.79 Å². The first-order valence-corrected chi connectivity index (χ1v) is 9.04. The molecule has 3 aliphatic rings. The second kappa shape index (κ2) is 4.74. The fraction of sp³-hybridized carbons (Fsp3) is 0.923. The molecule has 5 nitrogen and oxygen atoms in total. The van der Waals surface area contributed by atoms with E-state index in [1.54, 1.807) is 0 Å². The Morgan fingerprint density at radius 2 is 1.74 bits per heavy atom. The van der Waals surface area contributed by atoms with Gasteiger partial charge in [0.25, 0.3) is 0 Å². The summed E-state index contributed by atoms with van der Waals surface area (Å²) in [5, 5.41) is 0. The Bertz CT molecular complexity index is 468. The van der Waals surface area contributed by atoms with Gasteiger partial charge in [-0.1, -0.05) is 6.42 Å². The van der Waals surface area contributed by atoms with Crippen LogP contribution < -0.4 is 0 Å². The maximum atomic E-state index is 12.5. The highest BCUT2D eigenvalue weighted by molar-refractivity contribution is 7.88. The van der Waals surface area contributed by atoms with Crippen LogP contribution in [0.5, 0.6) is 0 Å². The van der Waals surface area contributed by atoms with Crippen molar-refractivity contribution in [3.63, 3.8) is 0 Å². The minimum atomic E-state index is -3.11. The lowest BCUT2D eigenvalue weighted by molar-refractivity contribution is -0.138. The van der Waals surface area contributed by atoms with E-state index in [1.165, 1.54) is 29.8 Å². The number of nitrogens with zero attached hydrogens (tertiary/aromatic N) is 2. The lowest BCUT2D eigenvalue weighted by atomic mass is 9.87. The van der Waals surface area contributed by atoms with Crippen LogP contribution in [0.25, 0.3) is 0 Å². The Balaban J connectivity index is 1.58. The second-order valence-electron chi connectivity index (χ2n) is 6.27. The molecule has 0 N–H and O–H groups in total. The third-order valence-electron chi connectivity index (χ3n) is 5.07. The van der Waals surface area contributed by atoms with Crippen molar-refractivity contribution in [2.24, 2.45) is 17.8 Å². The molecule has 2 aliphatic carbocycles. The number of piperazine rings is 1. The predicted octanol–water partition coefficient (Wildman–Crippen LogP) is 0.526. The third kappa shape index (κ3) is 2.52. The van der Waals surface area contributed by atoms with Crippen LogP contribution in [-0.4, -0.2) is 56.0 Å². The van der Waals surface area contributed by atoms with Gasteiger partial charge in [0, 0.05) is 32.1 Å². The van der Waals surface area contributed by atoms with Crippen molar-refractivity contribution in [1.29, 1.82) is 0 Å². The number of hydrogen-bond acceptors (Lipinski definition) is 3. The van der Waals surface area contributed by atoms with Gasteiger partial charge in [-0.25, -0.2) is 8.42 Å². The van der Waals surface area contributed by atoms with Crippen molar-refractivity contribution in [2.75, 3.05) is 32.4 Å². The van der Waals surface area contributed by atoms with Crippen LogP contribution in [0.3, 0.4) is 0 Å². The lowest BCUT2D eigenvalue weighted by Gasteiger charge is -2.36. The molecule has 2 saturated carbocycles. The molecule has 1 amide bonds. The minimum Gasteiger partial charge on any atom is -0.340 e. The SMILES string of the molecule is CS(=O)(=O)N1CCN(C(=O)C2CC3CCC2C3)CC1. The lowest BCUT2D eigenvalue weighted by Crippen LogP contribution is -2.52. The summed E-state index contributed by atoms with van der Waals surface area (Å²) < 4.78 is 24.4. The molecular formula is C13H22N2O3S. The Kier molecular flexibility index (Phi) is 3.33. The summed E-state index contributed by atoms with van der Waals surface area (Å²) in [7, 11) is -3.11. The first kappa shape index (κ1) is 13.4. The van der Waals surface area contributed by atoms with E-state index in [0.717, 1.165) is 12.3 Å². The van der Waals surface area contributed by atoms with Crippen molar-refractivity contribution in [3.8, 4) is 0 Å². The van der Waals surface area contributed by atoms with Gasteiger partial charge in [0.15, 0.2) is 0 Å². The summed E-state index contributed by atoms with van der Waals surface area (Å²) in [6, 6.07) is 0. The van der Waals surface area contributed by atoms with Crippen LogP contribution in [-0.2, 0) is 14.8 Å². The van der Waals surface area contributed by atoms with E-state index in [2.05, 4.69) is 0 Å². The topological polar surface area (TPSA) is 57.7 Å². The van der Waals surface area contributed by atoms with Crippen molar-refractivity contribution >= 4 is 15.9 Å². The number of carbonyl (C=O) groups is 1. The fourth-order valence-electron chi connectivity index (χ4n) is 4.02. The summed E-state index contributed by atoms with van der Waals surface area (Å²) in [6.45, 7) is 2.01. The van der Waals surface area contributed by atoms with Gasteiger partial charge in [-0.2, -0.15) is 4.31 Å². The van der Waals surface area contributed by atoms with Gasteiger partial charge >= 0.3 is 0 Å². The van der Waals surface area contributed by atoms with E-state index in [0.29, 0.717) is 32.1 Å². The zero-order valence-corrected chi connectivity index (χ0v) is 12.2. The standard InChI is InChI=1S/C13H22N2O3S/c1-19(17,18)15-6-4-14(5-7-15)13(16)12-9-10-2-3-11(12)8-10/h10-12H,2-9H2,1H3. The summed E-state index contributed by atoms with van der Waals surface area (Å²) >= 11 is 0. The maximum Gasteiger partial charge on any atom is 0.226 e. The van der Waals surface area contributed by atoms with Crippen molar-refractivity contribution in [3.05, 3.63) is 0 Å². The zero-order valence-electron chi connectivity index (χ0n) is 11.4. The molecule has 3 unspecified atom stereocenters. The predicted molar refractivity (Wildman–Crippen MR) is 71.9 cm³/mol. The van der Waals surface area contributed by atoms with E-state index in [1.807, 2.05) is 4.90 Å². The van der Waals surface area contributed by atoms with Crippen molar-refractivity contribution < 1.29 is 13.2 Å². The van der Waals surface area contributed by atoms with Crippen LogP contribution in [0, 0.1) is 17.8 Å². The number of carbonyl (C=O) groups excluding carboxylic acids is 1. The Hall–Kier alpha value is -0.620. The van der Waals surface area contributed by atoms with E-state index >= 15 is 0 Å². The van der Waals surface area contributed by atoms with Gasteiger partial charge in [0.2, 0.25) is 15.9 Å². The normalized spacial score (nSPS) is 35.8. The average molecular weight is 286 g/mol. The van der Waals surface area contributed by atoms with Crippen molar-refractivity contribution in [1.82, 2.24) is 9.21 Å². The van der Waals surface area contributed by atoms with Gasteiger partial charge in [-0.05, 0) is 31.1 Å². The highest BCUT2D eigenvalue weighted by Gasteiger charge is 2.44. The molecule has 0 aromatic carbocycles. The molecule has 3 fully saturated rings. The fourth-order valence-corrected chi connectivity index (χ4v) is 4.85. The largest absolute Gasteiger partial charge is 0.340 e. The average Bonchev–Trinajstić information content (AvgIpc) is 2.99. The molecule has 3 atom stereocenters. The van der Waals surface area contributed by atoms with Gasteiger partial charge in [0.1, 0.15) is 0 Å². The van der Waals surface area contributed by atoms with Gasteiger partial charge in [0.05, 0.1) is 6.26 Å². The third-order valence-corrected chi connectivity index (χ3v) is 6.38. The molecule has 0 aromatic heterocycles. The minimum absolute atomic E-state index is 0.225. The van der Waals surface area contributed by atoms with E-state index in [-0.39, 0.29) is 11.8 Å². The quantitative estimate of drug-likeness (QED) is 0.744. The number of amides is 1. The van der Waals surface area contributed by atoms with E-state index in [9.17, 15) is 13.2 Å². The van der Waals surface area contributed by atoms with E-state index in [4.69, 9.17) is 0 Å². The molecule has 3 rings (SSSR count). The first-order valence-electron chi connectivity index (χ1n) is 7.19. The molecule has 19 heavy (non-hydrogen) atoms. The molecule has 1 heterocycles. The Morgan fingerprint density at radius 3 is 2.21 bits per heavy atom. The zero-order chi connectivity index (χ0) is 13.6. The molecule has 0 radical (unpaired) electrons. The summed E-state index contributed by atoms with van der Waals surface area (Å²) in [5.41, 5.74) is 0. The van der Waals surface area contributed by atoms with Crippen LogP contribution in [0.2, 0.25) is 0 Å². The Morgan fingerprint density at radius 1 is 1.05 bits per heavy atom. The molecule has 108 valence electrons.